The van der Waals surface area contributed by atoms with Crippen LogP contribution in [0.25, 0.3) is 5.52 Å². The Labute approximate surface area is 133 Å². The van der Waals surface area contributed by atoms with Gasteiger partial charge in [0.05, 0.1) is 25.0 Å². The summed E-state index contributed by atoms with van der Waals surface area (Å²) in [4.78, 5) is 6.49. The van der Waals surface area contributed by atoms with Crippen molar-refractivity contribution >= 4 is 11.5 Å². The molecule has 0 unspecified atom stereocenters. The summed E-state index contributed by atoms with van der Waals surface area (Å²) in [7, 11) is 1.67. The number of pyridine rings is 1. The fourth-order valence-corrected chi connectivity index (χ4v) is 3.23. The smallest absolute Gasteiger partial charge is 0.266 e. The molecule has 1 saturated heterocycles. The van der Waals surface area contributed by atoms with Gasteiger partial charge in [-0.15, -0.1) is 0 Å². The lowest BCUT2D eigenvalue weighted by Crippen LogP contribution is -2.33. The molecule has 7 heteroatoms. The normalized spacial score (nSPS) is 16.2. The summed E-state index contributed by atoms with van der Waals surface area (Å²) in [6.07, 6.45) is 6.01. The second kappa shape index (κ2) is 5.57. The Morgan fingerprint density at radius 3 is 2.78 bits per heavy atom. The minimum Gasteiger partial charge on any atom is -0.495 e. The van der Waals surface area contributed by atoms with E-state index < -0.39 is 0 Å². The zero-order valence-electron chi connectivity index (χ0n) is 13.3. The molecule has 0 saturated carbocycles. The van der Waals surface area contributed by atoms with E-state index in [0.717, 1.165) is 37.2 Å². The second-order valence-corrected chi connectivity index (χ2v) is 5.87. The number of piperidine rings is 1. The molecule has 0 spiro atoms. The van der Waals surface area contributed by atoms with Crippen molar-refractivity contribution in [1.29, 1.82) is 0 Å². The van der Waals surface area contributed by atoms with E-state index in [9.17, 15) is 0 Å². The molecular weight excluding hydrogens is 294 g/mol. The highest BCUT2D eigenvalue weighted by molar-refractivity contribution is 5.56. The Balaban J connectivity index is 1.52. The zero-order valence-corrected chi connectivity index (χ0v) is 13.3. The third-order valence-corrected chi connectivity index (χ3v) is 4.49. The first-order valence-corrected chi connectivity index (χ1v) is 7.81. The maximum Gasteiger partial charge on any atom is 0.266 e. The molecule has 4 heterocycles. The van der Waals surface area contributed by atoms with Gasteiger partial charge in [0.25, 0.3) is 5.95 Å². The first-order valence-electron chi connectivity index (χ1n) is 7.81. The van der Waals surface area contributed by atoms with E-state index >= 15 is 0 Å². The maximum atomic E-state index is 5.25. The van der Waals surface area contributed by atoms with Crippen LogP contribution in [0.1, 0.15) is 30.2 Å². The van der Waals surface area contributed by atoms with Crippen molar-refractivity contribution in [3.8, 4) is 5.75 Å². The van der Waals surface area contributed by atoms with Gasteiger partial charge in [-0.3, -0.25) is 0 Å². The van der Waals surface area contributed by atoms with Gasteiger partial charge in [0.1, 0.15) is 5.75 Å². The van der Waals surface area contributed by atoms with Crippen molar-refractivity contribution in [3.05, 3.63) is 36.0 Å². The van der Waals surface area contributed by atoms with Gasteiger partial charge in [-0.2, -0.15) is 10.1 Å². The summed E-state index contributed by atoms with van der Waals surface area (Å²) in [6, 6.07) is 4.06. The van der Waals surface area contributed by atoms with E-state index in [2.05, 4.69) is 26.2 Å². The largest absolute Gasteiger partial charge is 0.495 e. The van der Waals surface area contributed by atoms with Crippen molar-refractivity contribution in [2.45, 2.75) is 25.7 Å². The fourth-order valence-electron chi connectivity index (χ4n) is 3.23. The van der Waals surface area contributed by atoms with Gasteiger partial charge in [-0.05, 0) is 36.0 Å². The van der Waals surface area contributed by atoms with Crippen LogP contribution in [0.4, 0.5) is 5.95 Å². The van der Waals surface area contributed by atoms with Gasteiger partial charge in [0.2, 0.25) is 5.89 Å². The molecule has 4 rings (SSSR count). The third kappa shape index (κ3) is 2.52. The Hall–Kier alpha value is -2.57. The molecule has 0 aromatic carbocycles. The molecule has 0 radical (unpaired) electrons. The number of aryl methyl sites for hydroxylation is 1. The van der Waals surface area contributed by atoms with Crippen molar-refractivity contribution in [3.63, 3.8) is 0 Å². The number of aromatic nitrogens is 4. The number of hydrogen-bond acceptors (Lipinski definition) is 6. The SMILES string of the molecule is COc1ccc2c(C3CCN(c4noc(C)n4)CC3)cnn2c1. The average molecular weight is 313 g/mol. The Morgan fingerprint density at radius 2 is 2.09 bits per heavy atom. The average Bonchev–Trinajstić information content (AvgIpc) is 3.20. The molecule has 0 amide bonds. The van der Waals surface area contributed by atoms with E-state index in [1.165, 1.54) is 5.56 Å². The molecule has 1 aliphatic heterocycles. The summed E-state index contributed by atoms with van der Waals surface area (Å²) < 4.78 is 12.2. The van der Waals surface area contributed by atoms with Crippen LogP contribution in [0, 0.1) is 6.92 Å². The topological polar surface area (TPSA) is 68.7 Å². The Bertz CT molecular complexity index is 817. The highest BCUT2D eigenvalue weighted by Gasteiger charge is 2.25. The zero-order chi connectivity index (χ0) is 15.8. The number of ether oxygens (including phenoxy) is 1. The molecule has 7 nitrogen and oxygen atoms in total. The summed E-state index contributed by atoms with van der Waals surface area (Å²) in [6.45, 7) is 3.67. The molecule has 1 aliphatic rings. The number of anilines is 1. The highest BCUT2D eigenvalue weighted by Crippen LogP contribution is 2.32. The van der Waals surface area contributed by atoms with E-state index in [-0.39, 0.29) is 0 Å². The lowest BCUT2D eigenvalue weighted by Gasteiger charge is -2.30. The molecule has 0 atom stereocenters. The lowest BCUT2D eigenvalue weighted by molar-refractivity contribution is 0.390. The predicted molar refractivity (Wildman–Crippen MR) is 85.0 cm³/mol. The first-order chi connectivity index (χ1) is 11.2. The molecule has 0 bridgehead atoms. The van der Waals surface area contributed by atoms with Gasteiger partial charge < -0.3 is 14.2 Å². The van der Waals surface area contributed by atoms with Crippen molar-refractivity contribution in [1.82, 2.24) is 19.8 Å². The number of methoxy groups -OCH3 is 1. The molecule has 23 heavy (non-hydrogen) atoms. The molecule has 0 N–H and O–H groups in total. The van der Waals surface area contributed by atoms with Crippen LogP contribution in [-0.4, -0.2) is 40.0 Å². The van der Waals surface area contributed by atoms with Crippen LogP contribution in [-0.2, 0) is 0 Å². The van der Waals surface area contributed by atoms with Crippen molar-refractivity contribution in [2.24, 2.45) is 0 Å². The number of rotatable bonds is 3. The third-order valence-electron chi connectivity index (χ3n) is 4.49. The summed E-state index contributed by atoms with van der Waals surface area (Å²) in [5.41, 5.74) is 2.45. The van der Waals surface area contributed by atoms with Gasteiger partial charge in [-0.25, -0.2) is 4.52 Å². The van der Waals surface area contributed by atoms with E-state index in [4.69, 9.17) is 9.26 Å². The van der Waals surface area contributed by atoms with Crippen LogP contribution >= 0.6 is 0 Å². The lowest BCUT2D eigenvalue weighted by atomic mass is 9.90. The van der Waals surface area contributed by atoms with Crippen LogP contribution in [0.15, 0.2) is 29.0 Å². The molecule has 3 aromatic rings. The van der Waals surface area contributed by atoms with Gasteiger partial charge in [0.15, 0.2) is 0 Å². The minimum atomic E-state index is 0.505. The quantitative estimate of drug-likeness (QED) is 0.739. The fraction of sp³-hybridized carbons (Fsp3) is 0.438. The van der Waals surface area contributed by atoms with E-state index in [0.29, 0.717) is 17.8 Å². The molecule has 3 aromatic heterocycles. The number of nitrogens with zero attached hydrogens (tertiary/aromatic N) is 5. The molecule has 120 valence electrons. The molecule has 1 fully saturated rings. The van der Waals surface area contributed by atoms with Gasteiger partial charge in [0, 0.05) is 25.6 Å². The van der Waals surface area contributed by atoms with Crippen LogP contribution in [0.2, 0.25) is 0 Å². The number of hydrogen-bond donors (Lipinski definition) is 0. The van der Waals surface area contributed by atoms with Crippen LogP contribution in [0.3, 0.4) is 0 Å². The van der Waals surface area contributed by atoms with E-state index in [1.54, 1.807) is 7.11 Å². The van der Waals surface area contributed by atoms with Crippen molar-refractivity contribution < 1.29 is 9.26 Å². The number of fused-ring (bicyclic) bond motifs is 1. The Morgan fingerprint density at radius 1 is 1.26 bits per heavy atom. The second-order valence-electron chi connectivity index (χ2n) is 5.87. The van der Waals surface area contributed by atoms with Gasteiger partial charge in [-0.1, -0.05) is 0 Å². The summed E-state index contributed by atoms with van der Waals surface area (Å²) in [5, 5.41) is 8.47. The maximum absolute atomic E-state index is 5.25. The first kappa shape index (κ1) is 14.0. The van der Waals surface area contributed by atoms with E-state index in [1.807, 2.05) is 29.9 Å². The van der Waals surface area contributed by atoms with Crippen LogP contribution < -0.4 is 9.64 Å². The minimum absolute atomic E-state index is 0.505. The van der Waals surface area contributed by atoms with Crippen molar-refractivity contribution in [2.75, 3.05) is 25.1 Å². The highest BCUT2D eigenvalue weighted by atomic mass is 16.5. The van der Waals surface area contributed by atoms with Crippen LogP contribution in [0.5, 0.6) is 5.75 Å². The molecule has 0 aliphatic carbocycles. The standard InChI is InChI=1S/C16H19N5O2/c1-11-18-16(19-23-11)20-7-5-12(6-8-20)14-9-17-21-10-13(22-2)3-4-15(14)21/h3-4,9-10,12H,5-8H2,1-2H3. The van der Waals surface area contributed by atoms with Gasteiger partial charge >= 0.3 is 0 Å². The summed E-state index contributed by atoms with van der Waals surface area (Å²) in [5.74, 6) is 2.63. The predicted octanol–water partition coefficient (Wildman–Crippen LogP) is 2.42. The monoisotopic (exact) mass is 313 g/mol. The molecular formula is C16H19N5O2. The summed E-state index contributed by atoms with van der Waals surface area (Å²) >= 11 is 0. The Kier molecular flexibility index (Phi) is 3.40.